The smallest absolute Gasteiger partial charge is 0.269 e. The number of benzene rings is 1. The summed E-state index contributed by atoms with van der Waals surface area (Å²) in [6.45, 7) is 0. The third kappa shape index (κ3) is 2.21. The molecule has 0 aliphatic rings. The lowest BCUT2D eigenvalue weighted by molar-refractivity contribution is -0.384. The topological polar surface area (TPSA) is 82.6 Å². The molecule has 0 spiro atoms. The molecular formula is C12H8N4O3. The number of nitro groups is 1. The Balaban J connectivity index is 1.85. The maximum Gasteiger partial charge on any atom is 0.269 e. The number of pyridine rings is 1. The number of hydrogen-bond acceptors (Lipinski definition) is 5. The highest BCUT2D eigenvalue weighted by Gasteiger charge is 2.05. The highest BCUT2D eigenvalue weighted by Crippen LogP contribution is 2.23. The van der Waals surface area contributed by atoms with Gasteiger partial charge in [-0.15, -0.1) is 0 Å². The average Bonchev–Trinajstić information content (AvgIpc) is 2.87. The molecule has 0 aliphatic carbocycles. The first-order chi connectivity index (χ1) is 9.22. The van der Waals surface area contributed by atoms with Crippen molar-refractivity contribution in [3.05, 3.63) is 59.0 Å². The summed E-state index contributed by atoms with van der Waals surface area (Å²) in [4.78, 5) is 14.1. The number of hydrogen-bond donors (Lipinski definition) is 0. The Morgan fingerprint density at radius 2 is 1.84 bits per heavy atom. The number of rotatable bonds is 3. The molecule has 0 N–H and O–H groups in total. The third-order valence-corrected chi connectivity index (χ3v) is 2.53. The molecule has 0 saturated carbocycles. The van der Waals surface area contributed by atoms with E-state index in [1.54, 1.807) is 35.0 Å². The number of non-ortho nitro benzene ring substituents is 1. The average molecular weight is 256 g/mol. The van der Waals surface area contributed by atoms with Gasteiger partial charge in [0.1, 0.15) is 17.8 Å². The molecule has 0 unspecified atom stereocenters. The molecule has 0 bridgehead atoms. The molecule has 3 aromatic rings. The summed E-state index contributed by atoms with van der Waals surface area (Å²) in [6, 6.07) is 9.40. The minimum absolute atomic E-state index is 0.0269. The van der Waals surface area contributed by atoms with Crippen molar-refractivity contribution in [3.63, 3.8) is 0 Å². The molecule has 0 saturated heterocycles. The van der Waals surface area contributed by atoms with Crippen molar-refractivity contribution >= 4 is 11.3 Å². The van der Waals surface area contributed by atoms with E-state index in [0.717, 1.165) is 5.65 Å². The Hall–Kier alpha value is -2.96. The summed E-state index contributed by atoms with van der Waals surface area (Å²) < 4.78 is 7.16. The fraction of sp³-hybridized carbons (Fsp3) is 0. The van der Waals surface area contributed by atoms with Crippen LogP contribution in [0.15, 0.2) is 48.9 Å². The Morgan fingerprint density at radius 1 is 1.11 bits per heavy atom. The van der Waals surface area contributed by atoms with Crippen molar-refractivity contribution in [2.45, 2.75) is 0 Å². The maximum absolute atomic E-state index is 10.5. The molecule has 2 aromatic heterocycles. The highest BCUT2D eigenvalue weighted by atomic mass is 16.6. The number of nitrogens with zero attached hydrogens (tertiary/aromatic N) is 4. The highest BCUT2D eigenvalue weighted by molar-refractivity contribution is 5.42. The van der Waals surface area contributed by atoms with Crippen molar-refractivity contribution in [1.29, 1.82) is 0 Å². The van der Waals surface area contributed by atoms with Crippen LogP contribution >= 0.6 is 0 Å². The molecular weight excluding hydrogens is 248 g/mol. The molecule has 94 valence electrons. The maximum atomic E-state index is 10.5. The standard InChI is InChI=1S/C12H8N4O3/c17-16(18)9-1-3-10(4-2-9)19-11-5-6-12-13-8-14-15(12)7-11/h1-8H. The first-order valence-corrected chi connectivity index (χ1v) is 5.44. The van der Waals surface area contributed by atoms with Crippen molar-refractivity contribution in [1.82, 2.24) is 14.6 Å². The van der Waals surface area contributed by atoms with Crippen LogP contribution in [0.25, 0.3) is 5.65 Å². The second-order valence-electron chi connectivity index (χ2n) is 3.78. The predicted molar refractivity (Wildman–Crippen MR) is 66.2 cm³/mol. The molecule has 0 radical (unpaired) electrons. The van der Waals surface area contributed by atoms with E-state index < -0.39 is 4.92 Å². The summed E-state index contributed by atoms with van der Waals surface area (Å²) in [6.07, 6.45) is 3.13. The van der Waals surface area contributed by atoms with Gasteiger partial charge in [0, 0.05) is 12.1 Å². The lowest BCUT2D eigenvalue weighted by Crippen LogP contribution is -1.91. The third-order valence-electron chi connectivity index (χ3n) is 2.53. The van der Waals surface area contributed by atoms with Gasteiger partial charge in [-0.05, 0) is 24.3 Å². The van der Waals surface area contributed by atoms with Crippen LogP contribution in [0.3, 0.4) is 0 Å². The minimum Gasteiger partial charge on any atom is -0.456 e. The Morgan fingerprint density at radius 3 is 2.58 bits per heavy atom. The van der Waals surface area contributed by atoms with Gasteiger partial charge < -0.3 is 4.74 Å². The summed E-state index contributed by atoms with van der Waals surface area (Å²) in [5.74, 6) is 1.09. The summed E-state index contributed by atoms with van der Waals surface area (Å²) in [5, 5.41) is 14.5. The zero-order valence-electron chi connectivity index (χ0n) is 9.63. The molecule has 2 heterocycles. The normalized spacial score (nSPS) is 10.5. The van der Waals surface area contributed by atoms with Crippen LogP contribution in [0.2, 0.25) is 0 Å². The van der Waals surface area contributed by atoms with Gasteiger partial charge in [-0.2, -0.15) is 5.10 Å². The van der Waals surface area contributed by atoms with E-state index in [0.29, 0.717) is 11.5 Å². The van der Waals surface area contributed by atoms with E-state index in [1.165, 1.54) is 18.5 Å². The van der Waals surface area contributed by atoms with Gasteiger partial charge >= 0.3 is 0 Å². The van der Waals surface area contributed by atoms with Crippen LogP contribution in [0, 0.1) is 10.1 Å². The molecule has 7 nitrogen and oxygen atoms in total. The lowest BCUT2D eigenvalue weighted by atomic mass is 10.3. The number of ether oxygens (including phenoxy) is 1. The molecule has 0 atom stereocenters. The summed E-state index contributed by atoms with van der Waals surface area (Å²) in [5.41, 5.74) is 0.745. The molecule has 1 aromatic carbocycles. The SMILES string of the molecule is O=[N+]([O-])c1ccc(Oc2ccc3ncnn3c2)cc1. The first-order valence-electron chi connectivity index (χ1n) is 5.44. The largest absolute Gasteiger partial charge is 0.456 e. The van der Waals surface area contributed by atoms with Gasteiger partial charge in [0.05, 0.1) is 11.1 Å². The van der Waals surface area contributed by atoms with Gasteiger partial charge in [-0.25, -0.2) is 9.50 Å². The van der Waals surface area contributed by atoms with Gasteiger partial charge in [-0.3, -0.25) is 10.1 Å². The number of nitro benzene ring substituents is 1. The van der Waals surface area contributed by atoms with Crippen LogP contribution in [-0.2, 0) is 0 Å². The van der Waals surface area contributed by atoms with Crippen LogP contribution < -0.4 is 4.74 Å². The lowest BCUT2D eigenvalue weighted by Gasteiger charge is -2.05. The van der Waals surface area contributed by atoms with Crippen molar-refractivity contribution in [2.75, 3.05) is 0 Å². The number of aromatic nitrogens is 3. The van der Waals surface area contributed by atoms with Crippen molar-refractivity contribution in [2.24, 2.45) is 0 Å². The van der Waals surface area contributed by atoms with Crippen LogP contribution in [-0.4, -0.2) is 19.5 Å². The molecule has 3 rings (SSSR count). The molecule has 19 heavy (non-hydrogen) atoms. The van der Waals surface area contributed by atoms with E-state index in [4.69, 9.17) is 4.74 Å². The van der Waals surface area contributed by atoms with E-state index in [-0.39, 0.29) is 5.69 Å². The van der Waals surface area contributed by atoms with Crippen LogP contribution in [0.1, 0.15) is 0 Å². The zero-order chi connectivity index (χ0) is 13.2. The second kappa shape index (κ2) is 4.37. The zero-order valence-corrected chi connectivity index (χ0v) is 9.63. The Labute approximate surface area is 107 Å². The molecule has 0 fully saturated rings. The van der Waals surface area contributed by atoms with Crippen molar-refractivity contribution < 1.29 is 9.66 Å². The monoisotopic (exact) mass is 256 g/mol. The van der Waals surface area contributed by atoms with E-state index >= 15 is 0 Å². The van der Waals surface area contributed by atoms with Gasteiger partial charge in [0.25, 0.3) is 5.69 Å². The molecule has 0 aliphatic heterocycles. The van der Waals surface area contributed by atoms with E-state index in [1.807, 2.05) is 0 Å². The van der Waals surface area contributed by atoms with Crippen molar-refractivity contribution in [3.8, 4) is 11.5 Å². The first kappa shape index (κ1) is 11.1. The summed E-state index contributed by atoms with van der Waals surface area (Å²) >= 11 is 0. The predicted octanol–water partition coefficient (Wildman–Crippen LogP) is 2.43. The number of fused-ring (bicyclic) bond motifs is 1. The minimum atomic E-state index is -0.453. The fourth-order valence-electron chi connectivity index (χ4n) is 1.63. The van der Waals surface area contributed by atoms with Gasteiger partial charge in [0.15, 0.2) is 5.65 Å². The van der Waals surface area contributed by atoms with E-state index in [2.05, 4.69) is 10.1 Å². The fourth-order valence-corrected chi connectivity index (χ4v) is 1.63. The Kier molecular flexibility index (Phi) is 2.57. The van der Waals surface area contributed by atoms with Gasteiger partial charge in [0.2, 0.25) is 0 Å². The quantitative estimate of drug-likeness (QED) is 0.531. The molecule has 0 amide bonds. The molecule has 7 heteroatoms. The second-order valence-corrected chi connectivity index (χ2v) is 3.78. The van der Waals surface area contributed by atoms with Crippen LogP contribution in [0.5, 0.6) is 11.5 Å². The van der Waals surface area contributed by atoms with Crippen LogP contribution in [0.4, 0.5) is 5.69 Å². The Bertz CT molecular complexity index is 736. The van der Waals surface area contributed by atoms with Gasteiger partial charge in [-0.1, -0.05) is 0 Å². The summed E-state index contributed by atoms with van der Waals surface area (Å²) in [7, 11) is 0. The van der Waals surface area contributed by atoms with E-state index in [9.17, 15) is 10.1 Å².